The normalized spacial score (nSPS) is 21.4. The van der Waals surface area contributed by atoms with Gasteiger partial charge in [-0.1, -0.05) is 59.3 Å². The molecule has 1 aliphatic heterocycles. The summed E-state index contributed by atoms with van der Waals surface area (Å²) >= 11 is 3.29. The Morgan fingerprint density at radius 1 is 1.12 bits per heavy atom. The maximum absolute atomic E-state index is 13.6. The van der Waals surface area contributed by atoms with Crippen LogP contribution in [0.2, 0.25) is 0 Å². The van der Waals surface area contributed by atoms with Crippen LogP contribution in [0.3, 0.4) is 0 Å². The number of carbonyl (C=O) groups excluding carboxylic acids is 4. The Labute approximate surface area is 203 Å². The first-order chi connectivity index (χ1) is 16.2. The Hall–Kier alpha value is -3.66. The summed E-state index contributed by atoms with van der Waals surface area (Å²) in [6, 6.07) is 11.6. The number of rotatable bonds is 6. The Kier molecular flexibility index (Phi) is 6.43. The van der Waals surface area contributed by atoms with Crippen molar-refractivity contribution in [2.45, 2.75) is 13.3 Å². The molecule has 0 saturated carbocycles. The molecule has 0 unspecified atom stereocenters. The van der Waals surface area contributed by atoms with Crippen LogP contribution in [0, 0.1) is 27.9 Å². The number of ketones is 1. The fraction of sp³-hybridized carbons (Fsp3) is 0.250. The lowest BCUT2D eigenvalue weighted by Gasteiger charge is -2.30. The average Bonchev–Trinajstić information content (AvgIpc) is 3.08. The van der Waals surface area contributed by atoms with Gasteiger partial charge >= 0.3 is 0 Å². The number of nitro benzene ring substituents is 1. The molecule has 34 heavy (non-hydrogen) atoms. The van der Waals surface area contributed by atoms with Gasteiger partial charge in [-0.2, -0.15) is 5.01 Å². The highest BCUT2D eigenvalue weighted by Crippen LogP contribution is 2.39. The molecule has 0 bridgehead atoms. The number of imide groups is 1. The number of allylic oxidation sites excluding steroid dienone is 2. The minimum atomic E-state index is -0.973. The summed E-state index contributed by atoms with van der Waals surface area (Å²) in [5.41, 5.74) is -0.548. The third-order valence-corrected chi connectivity index (χ3v) is 6.64. The summed E-state index contributed by atoms with van der Waals surface area (Å²) in [5.74, 6) is -4.24. The maximum atomic E-state index is 13.6. The number of hydrogen-bond acceptors (Lipinski definition) is 6. The second-order valence-corrected chi connectivity index (χ2v) is 9.13. The van der Waals surface area contributed by atoms with Crippen molar-refractivity contribution in [1.82, 2.24) is 10.0 Å². The molecule has 1 heterocycles. The van der Waals surface area contributed by atoms with Crippen LogP contribution in [0.5, 0.6) is 0 Å². The number of hydrazine groups is 1. The van der Waals surface area contributed by atoms with Crippen molar-refractivity contribution >= 4 is 45.1 Å². The molecule has 4 rings (SSSR count). The molecule has 3 amide bonds. The number of nitrogens with zero attached hydrogens (tertiary/aromatic N) is 3. The maximum Gasteiger partial charge on any atom is 0.282 e. The van der Waals surface area contributed by atoms with Gasteiger partial charge in [-0.15, -0.1) is 0 Å². The SMILES string of the molecule is C[C@@H]1C=CC[C@H]2C(=O)N(N(CC(=O)c3ccc(Br)cc3)C(=O)c3ccccc3[N+](=O)[O-])C(=O)[C@H]12. The van der Waals surface area contributed by atoms with Crippen LogP contribution in [0.4, 0.5) is 5.69 Å². The predicted octanol–water partition coefficient (Wildman–Crippen LogP) is 3.79. The Bertz CT molecular complexity index is 1230. The second kappa shape index (κ2) is 9.30. The van der Waals surface area contributed by atoms with E-state index in [-0.39, 0.29) is 17.0 Å². The highest BCUT2D eigenvalue weighted by Gasteiger charge is 2.53. The summed E-state index contributed by atoms with van der Waals surface area (Å²) in [4.78, 5) is 64.1. The van der Waals surface area contributed by atoms with Crippen molar-refractivity contribution < 1.29 is 24.1 Å². The van der Waals surface area contributed by atoms with Gasteiger partial charge in [0.1, 0.15) is 12.1 Å². The van der Waals surface area contributed by atoms with Crippen LogP contribution in [-0.4, -0.2) is 45.0 Å². The molecular weight excluding hydrogens is 506 g/mol. The highest BCUT2D eigenvalue weighted by molar-refractivity contribution is 9.10. The third kappa shape index (κ3) is 4.16. The predicted molar refractivity (Wildman–Crippen MR) is 124 cm³/mol. The zero-order valence-corrected chi connectivity index (χ0v) is 19.7. The van der Waals surface area contributed by atoms with Crippen molar-refractivity contribution in [1.29, 1.82) is 0 Å². The standard InChI is InChI=1S/C24H20BrN3O6/c1-14-5-4-7-18-21(14)24(32)27(23(18)31)26(13-20(29)15-9-11-16(25)12-10-15)22(30)17-6-2-3-8-19(17)28(33)34/h2-6,8-12,14,18,21H,7,13H2,1H3/t14-,18-,21-/m1/s1. The molecule has 0 radical (unpaired) electrons. The van der Waals surface area contributed by atoms with Crippen LogP contribution < -0.4 is 0 Å². The van der Waals surface area contributed by atoms with E-state index in [1.54, 1.807) is 24.3 Å². The van der Waals surface area contributed by atoms with Crippen LogP contribution in [0.1, 0.15) is 34.1 Å². The summed E-state index contributed by atoms with van der Waals surface area (Å²) in [6.07, 6.45) is 4.00. The molecule has 1 fully saturated rings. The Morgan fingerprint density at radius 2 is 1.79 bits per heavy atom. The van der Waals surface area contributed by atoms with E-state index in [1.165, 1.54) is 18.2 Å². The highest BCUT2D eigenvalue weighted by atomic mass is 79.9. The van der Waals surface area contributed by atoms with Crippen molar-refractivity contribution in [3.63, 3.8) is 0 Å². The van der Waals surface area contributed by atoms with E-state index < -0.39 is 52.5 Å². The summed E-state index contributed by atoms with van der Waals surface area (Å²) < 4.78 is 0.743. The topological polar surface area (TPSA) is 118 Å². The zero-order chi connectivity index (χ0) is 24.6. The zero-order valence-electron chi connectivity index (χ0n) is 18.1. The van der Waals surface area contributed by atoms with E-state index in [2.05, 4.69) is 15.9 Å². The summed E-state index contributed by atoms with van der Waals surface area (Å²) in [7, 11) is 0. The first kappa shape index (κ1) is 23.5. The molecule has 0 aromatic heterocycles. The molecule has 1 saturated heterocycles. The molecule has 2 aliphatic rings. The van der Waals surface area contributed by atoms with E-state index >= 15 is 0 Å². The Balaban J connectivity index is 1.76. The number of nitro groups is 1. The number of fused-ring (bicyclic) bond motifs is 1. The molecule has 10 heteroatoms. The average molecular weight is 526 g/mol. The van der Waals surface area contributed by atoms with Gasteiger partial charge in [0.2, 0.25) is 0 Å². The van der Waals surface area contributed by atoms with E-state index in [0.29, 0.717) is 11.4 Å². The number of amides is 3. The first-order valence-electron chi connectivity index (χ1n) is 10.6. The fourth-order valence-electron chi connectivity index (χ4n) is 4.42. The molecule has 174 valence electrons. The van der Waals surface area contributed by atoms with E-state index in [4.69, 9.17) is 0 Å². The van der Waals surface area contributed by atoms with Crippen LogP contribution in [0.15, 0.2) is 65.2 Å². The molecule has 3 atom stereocenters. The minimum Gasteiger partial charge on any atom is -0.292 e. The van der Waals surface area contributed by atoms with Crippen LogP contribution >= 0.6 is 15.9 Å². The molecule has 0 spiro atoms. The van der Waals surface area contributed by atoms with Crippen molar-refractivity contribution in [2.24, 2.45) is 17.8 Å². The van der Waals surface area contributed by atoms with Crippen molar-refractivity contribution in [3.05, 3.63) is 86.4 Å². The molecule has 2 aromatic rings. The number of halogens is 1. The molecular formula is C24H20BrN3O6. The Morgan fingerprint density at radius 3 is 2.44 bits per heavy atom. The lowest BCUT2D eigenvalue weighted by Crippen LogP contribution is -2.52. The van der Waals surface area contributed by atoms with Gasteiger partial charge in [-0.05, 0) is 30.5 Å². The van der Waals surface area contributed by atoms with Gasteiger partial charge in [-0.3, -0.25) is 29.3 Å². The van der Waals surface area contributed by atoms with Crippen LogP contribution in [-0.2, 0) is 9.59 Å². The smallest absolute Gasteiger partial charge is 0.282 e. The fourth-order valence-corrected chi connectivity index (χ4v) is 4.68. The minimum absolute atomic E-state index is 0.231. The van der Waals surface area contributed by atoms with E-state index in [1.807, 2.05) is 19.1 Å². The van der Waals surface area contributed by atoms with Crippen molar-refractivity contribution in [2.75, 3.05) is 6.54 Å². The monoisotopic (exact) mass is 525 g/mol. The van der Waals surface area contributed by atoms with Gasteiger partial charge in [-0.25, -0.2) is 5.01 Å². The number of carbonyl (C=O) groups is 4. The van der Waals surface area contributed by atoms with Gasteiger partial charge in [0, 0.05) is 16.1 Å². The van der Waals surface area contributed by atoms with Crippen LogP contribution in [0.25, 0.3) is 0 Å². The lowest BCUT2D eigenvalue weighted by atomic mass is 9.78. The summed E-state index contributed by atoms with van der Waals surface area (Å²) in [5, 5.41) is 13.0. The number of para-hydroxylation sites is 1. The van der Waals surface area contributed by atoms with Crippen molar-refractivity contribution in [3.8, 4) is 0 Å². The third-order valence-electron chi connectivity index (χ3n) is 6.12. The van der Waals surface area contributed by atoms with E-state index in [9.17, 15) is 29.3 Å². The largest absolute Gasteiger partial charge is 0.292 e. The quantitative estimate of drug-likeness (QED) is 0.186. The van der Waals surface area contributed by atoms with E-state index in [0.717, 1.165) is 15.5 Å². The molecule has 9 nitrogen and oxygen atoms in total. The number of hydrogen-bond donors (Lipinski definition) is 0. The second-order valence-electron chi connectivity index (χ2n) is 8.21. The van der Waals surface area contributed by atoms with Gasteiger partial charge in [0.15, 0.2) is 5.78 Å². The number of benzene rings is 2. The molecule has 2 aromatic carbocycles. The molecule has 1 aliphatic carbocycles. The number of Topliss-reactive ketones (excluding diaryl/α,β-unsaturated/α-hetero) is 1. The molecule has 0 N–H and O–H groups in total. The lowest BCUT2D eigenvalue weighted by molar-refractivity contribution is -0.385. The van der Waals surface area contributed by atoms with Gasteiger partial charge < -0.3 is 0 Å². The first-order valence-corrected chi connectivity index (χ1v) is 11.4. The summed E-state index contributed by atoms with van der Waals surface area (Å²) in [6.45, 7) is 1.18. The van der Waals surface area contributed by atoms with Gasteiger partial charge in [0.25, 0.3) is 23.4 Å². The van der Waals surface area contributed by atoms with Gasteiger partial charge in [0.05, 0.1) is 16.8 Å².